The van der Waals surface area contributed by atoms with Crippen molar-refractivity contribution in [2.45, 2.75) is 6.92 Å². The van der Waals surface area contributed by atoms with Crippen LogP contribution in [0.1, 0.15) is 17.3 Å². The fourth-order valence-corrected chi connectivity index (χ4v) is 2.63. The third-order valence-electron chi connectivity index (χ3n) is 3.89. The van der Waals surface area contributed by atoms with Crippen LogP contribution in [0, 0.1) is 0 Å². The number of rotatable bonds is 5. The first kappa shape index (κ1) is 19.3. The molecule has 0 fully saturated rings. The number of nitrogens with zero attached hydrogens (tertiary/aromatic N) is 3. The van der Waals surface area contributed by atoms with Crippen molar-refractivity contribution in [2.75, 3.05) is 10.4 Å². The predicted octanol–water partition coefficient (Wildman–Crippen LogP) is 3.38. The number of nitrogens with one attached hydrogen (secondary N) is 1. The third-order valence-corrected chi connectivity index (χ3v) is 4.14. The van der Waals surface area contributed by atoms with E-state index in [0.29, 0.717) is 32.7 Å². The topological polar surface area (TPSA) is 121 Å². The quantitative estimate of drug-likeness (QED) is 0.448. The van der Waals surface area contributed by atoms with Crippen molar-refractivity contribution in [3.05, 3.63) is 65.4 Å². The molecule has 0 aliphatic heterocycles. The molecule has 28 heavy (non-hydrogen) atoms. The predicted molar refractivity (Wildman–Crippen MR) is 106 cm³/mol. The SMILES string of the molecule is CC(=O)N(O)c1cc(Nc2ccc(C(N)=O)cc2-c2ccc(Cl)cc2)ncn1. The summed E-state index contributed by atoms with van der Waals surface area (Å²) in [5.74, 6) is -0.778. The molecule has 2 amide bonds. The Bertz CT molecular complexity index is 1040. The van der Waals surface area contributed by atoms with Crippen LogP contribution in [0.15, 0.2) is 54.9 Å². The molecule has 0 aliphatic carbocycles. The second-order valence-electron chi connectivity index (χ2n) is 5.85. The summed E-state index contributed by atoms with van der Waals surface area (Å²) in [5.41, 5.74) is 7.87. The Hall–Kier alpha value is -3.49. The maximum Gasteiger partial charge on any atom is 0.249 e. The van der Waals surface area contributed by atoms with Gasteiger partial charge in [0.25, 0.3) is 0 Å². The van der Waals surface area contributed by atoms with E-state index in [-0.39, 0.29) is 5.82 Å². The first-order chi connectivity index (χ1) is 13.3. The fraction of sp³-hybridized carbons (Fsp3) is 0.0526. The number of hydrogen-bond donors (Lipinski definition) is 3. The van der Waals surface area contributed by atoms with E-state index in [9.17, 15) is 14.8 Å². The fourth-order valence-electron chi connectivity index (χ4n) is 2.51. The standard InChI is InChI=1S/C19H16ClN5O3/c1-11(26)25(28)18-9-17(22-10-23-18)24-16-7-4-13(19(21)27)8-15(16)12-2-5-14(20)6-3-12/h2-10,28H,1H3,(H2,21,27)(H,22,23,24). The number of benzene rings is 2. The van der Waals surface area contributed by atoms with Crippen molar-refractivity contribution < 1.29 is 14.8 Å². The van der Waals surface area contributed by atoms with Crippen LogP contribution in [0.5, 0.6) is 0 Å². The zero-order valence-corrected chi connectivity index (χ0v) is 15.5. The molecule has 1 aromatic heterocycles. The summed E-state index contributed by atoms with van der Waals surface area (Å²) in [7, 11) is 0. The van der Waals surface area contributed by atoms with Gasteiger partial charge in [-0.25, -0.2) is 9.97 Å². The molecule has 2 aromatic carbocycles. The van der Waals surface area contributed by atoms with Crippen LogP contribution in [0.25, 0.3) is 11.1 Å². The molecule has 0 radical (unpaired) electrons. The largest absolute Gasteiger partial charge is 0.366 e. The lowest BCUT2D eigenvalue weighted by atomic mass is 10.0. The molecule has 0 unspecified atom stereocenters. The molecule has 9 heteroatoms. The Balaban J connectivity index is 2.02. The lowest BCUT2D eigenvalue weighted by Gasteiger charge is -2.15. The van der Waals surface area contributed by atoms with Crippen molar-refractivity contribution in [3.63, 3.8) is 0 Å². The first-order valence-electron chi connectivity index (χ1n) is 8.13. The molecule has 0 saturated carbocycles. The lowest BCUT2D eigenvalue weighted by molar-refractivity contribution is -0.121. The molecule has 142 valence electrons. The number of amides is 2. The first-order valence-corrected chi connectivity index (χ1v) is 8.51. The van der Waals surface area contributed by atoms with Crippen LogP contribution in [-0.2, 0) is 4.79 Å². The van der Waals surface area contributed by atoms with E-state index in [4.69, 9.17) is 17.3 Å². The van der Waals surface area contributed by atoms with Gasteiger partial charge >= 0.3 is 0 Å². The van der Waals surface area contributed by atoms with E-state index in [2.05, 4.69) is 15.3 Å². The lowest BCUT2D eigenvalue weighted by Crippen LogP contribution is -2.24. The minimum atomic E-state index is -0.586. The van der Waals surface area contributed by atoms with Gasteiger partial charge in [0.05, 0.1) is 0 Å². The Morgan fingerprint density at radius 1 is 1.11 bits per heavy atom. The van der Waals surface area contributed by atoms with Gasteiger partial charge in [0, 0.05) is 34.8 Å². The van der Waals surface area contributed by atoms with Gasteiger partial charge in [0.1, 0.15) is 12.1 Å². The number of carbonyl (C=O) groups is 2. The van der Waals surface area contributed by atoms with Gasteiger partial charge in [-0.05, 0) is 35.9 Å². The molecule has 0 atom stereocenters. The highest BCUT2D eigenvalue weighted by Gasteiger charge is 2.13. The Morgan fingerprint density at radius 2 is 1.82 bits per heavy atom. The second-order valence-corrected chi connectivity index (χ2v) is 6.29. The van der Waals surface area contributed by atoms with Gasteiger partial charge in [0.15, 0.2) is 5.82 Å². The van der Waals surface area contributed by atoms with Gasteiger partial charge < -0.3 is 11.1 Å². The van der Waals surface area contributed by atoms with Crippen LogP contribution in [0.2, 0.25) is 5.02 Å². The number of nitrogens with two attached hydrogens (primary N) is 1. The van der Waals surface area contributed by atoms with Crippen LogP contribution < -0.4 is 16.1 Å². The Morgan fingerprint density at radius 3 is 2.46 bits per heavy atom. The molecule has 1 heterocycles. The molecular weight excluding hydrogens is 382 g/mol. The number of hydrogen-bond acceptors (Lipinski definition) is 6. The van der Waals surface area contributed by atoms with Crippen molar-refractivity contribution in [3.8, 4) is 11.1 Å². The van der Waals surface area contributed by atoms with E-state index in [1.807, 2.05) is 12.1 Å². The molecule has 0 aliphatic rings. The number of primary amides is 1. The molecule has 4 N–H and O–H groups in total. The number of hydroxylamine groups is 1. The second kappa shape index (κ2) is 8.03. The Labute approximate surface area is 165 Å². The van der Waals surface area contributed by atoms with Crippen LogP contribution in [0.4, 0.5) is 17.3 Å². The summed E-state index contributed by atoms with van der Waals surface area (Å²) in [4.78, 5) is 30.9. The van der Waals surface area contributed by atoms with Gasteiger partial charge in [-0.15, -0.1) is 0 Å². The monoisotopic (exact) mass is 397 g/mol. The summed E-state index contributed by atoms with van der Waals surface area (Å²) in [6.45, 7) is 1.20. The minimum Gasteiger partial charge on any atom is -0.366 e. The summed E-state index contributed by atoms with van der Waals surface area (Å²) >= 11 is 5.96. The van der Waals surface area contributed by atoms with E-state index >= 15 is 0 Å². The van der Waals surface area contributed by atoms with Crippen molar-refractivity contribution in [1.82, 2.24) is 9.97 Å². The molecule has 8 nitrogen and oxygen atoms in total. The van der Waals surface area contributed by atoms with Gasteiger partial charge in [0.2, 0.25) is 11.8 Å². The summed E-state index contributed by atoms with van der Waals surface area (Å²) in [5, 5.41) is 13.8. The van der Waals surface area contributed by atoms with Gasteiger partial charge in [-0.2, -0.15) is 5.06 Å². The number of anilines is 3. The highest BCUT2D eigenvalue weighted by atomic mass is 35.5. The van der Waals surface area contributed by atoms with E-state index < -0.39 is 11.8 Å². The van der Waals surface area contributed by atoms with Crippen LogP contribution in [0.3, 0.4) is 0 Å². The van der Waals surface area contributed by atoms with Crippen molar-refractivity contribution in [1.29, 1.82) is 0 Å². The van der Waals surface area contributed by atoms with Crippen molar-refractivity contribution in [2.24, 2.45) is 5.73 Å². The molecule has 3 aromatic rings. The third kappa shape index (κ3) is 4.25. The molecule has 0 spiro atoms. The highest BCUT2D eigenvalue weighted by Crippen LogP contribution is 2.32. The zero-order chi connectivity index (χ0) is 20.3. The van der Waals surface area contributed by atoms with E-state index in [0.717, 1.165) is 5.56 Å². The number of halogens is 1. The normalized spacial score (nSPS) is 10.4. The van der Waals surface area contributed by atoms with E-state index in [1.54, 1.807) is 30.3 Å². The van der Waals surface area contributed by atoms with Crippen molar-refractivity contribution >= 4 is 40.7 Å². The van der Waals surface area contributed by atoms with Gasteiger partial charge in [-0.1, -0.05) is 23.7 Å². The zero-order valence-electron chi connectivity index (χ0n) is 14.8. The summed E-state index contributed by atoms with van der Waals surface area (Å²) in [6.07, 6.45) is 1.21. The molecule has 0 bridgehead atoms. The molecule has 3 rings (SSSR count). The smallest absolute Gasteiger partial charge is 0.249 e. The van der Waals surface area contributed by atoms with E-state index in [1.165, 1.54) is 19.3 Å². The molecular formula is C19H16ClN5O3. The average molecular weight is 398 g/mol. The average Bonchev–Trinajstić information content (AvgIpc) is 2.68. The maximum absolute atomic E-state index is 11.6. The Kier molecular flexibility index (Phi) is 5.53. The molecule has 0 saturated heterocycles. The van der Waals surface area contributed by atoms with Crippen LogP contribution >= 0.6 is 11.6 Å². The highest BCUT2D eigenvalue weighted by molar-refractivity contribution is 6.30. The summed E-state index contributed by atoms with van der Waals surface area (Å²) < 4.78 is 0. The van der Waals surface area contributed by atoms with Gasteiger partial charge in [-0.3, -0.25) is 14.8 Å². The summed E-state index contributed by atoms with van der Waals surface area (Å²) in [6, 6.07) is 13.4. The number of carbonyl (C=O) groups excluding carboxylic acids is 2. The minimum absolute atomic E-state index is 0.0202. The maximum atomic E-state index is 11.6. The van der Waals surface area contributed by atoms with Crippen LogP contribution in [-0.4, -0.2) is 27.0 Å². The number of aromatic nitrogens is 2.